The van der Waals surface area contributed by atoms with Crippen molar-refractivity contribution in [3.8, 4) is 0 Å². The van der Waals surface area contributed by atoms with Gasteiger partial charge in [0.1, 0.15) is 5.76 Å². The number of aliphatic imine (C=N–C) groups is 1. The highest BCUT2D eigenvalue weighted by atomic mass is 79.9. The van der Waals surface area contributed by atoms with Crippen molar-refractivity contribution >= 4 is 27.8 Å². The number of halogens is 1. The summed E-state index contributed by atoms with van der Waals surface area (Å²) in [5.74, 6) is 0.981. The molecule has 1 aliphatic carbocycles. The van der Waals surface area contributed by atoms with Gasteiger partial charge in [-0.2, -0.15) is 0 Å². The molecule has 2 aliphatic rings. The first-order chi connectivity index (χ1) is 8.08. The highest BCUT2D eigenvalue weighted by molar-refractivity contribution is 9.10. The number of hydrogen-bond donors (Lipinski definition) is 2. The lowest BCUT2D eigenvalue weighted by atomic mass is 10.00. The molecule has 1 aliphatic heterocycles. The minimum atomic E-state index is -0.875. The van der Waals surface area contributed by atoms with Crippen LogP contribution < -0.4 is 10.6 Å². The standard InChI is InChI=1S/C11H12BrN3O2/c1-11(7-4-5-8(12)17-7)9(16)14-10(15-11)13-6-2-3-6/h4-6H,2-3H2,1H3,(H2,13,14,15,16). The number of furan rings is 1. The van der Waals surface area contributed by atoms with Crippen LogP contribution in [0.2, 0.25) is 0 Å². The molecule has 0 aromatic carbocycles. The van der Waals surface area contributed by atoms with Crippen LogP contribution in [0.4, 0.5) is 0 Å². The van der Waals surface area contributed by atoms with E-state index in [-0.39, 0.29) is 5.91 Å². The Balaban J connectivity index is 1.89. The van der Waals surface area contributed by atoms with Crippen molar-refractivity contribution < 1.29 is 9.21 Å². The van der Waals surface area contributed by atoms with Crippen LogP contribution in [0.1, 0.15) is 25.5 Å². The normalized spacial score (nSPS) is 30.5. The molecule has 1 atom stereocenters. The molecule has 5 nitrogen and oxygen atoms in total. The molecule has 0 bridgehead atoms. The highest BCUT2D eigenvalue weighted by Crippen LogP contribution is 2.29. The van der Waals surface area contributed by atoms with Crippen LogP contribution in [0.3, 0.4) is 0 Å². The molecule has 0 radical (unpaired) electrons. The van der Waals surface area contributed by atoms with Crippen molar-refractivity contribution in [2.45, 2.75) is 31.3 Å². The minimum absolute atomic E-state index is 0.140. The van der Waals surface area contributed by atoms with Crippen LogP contribution in [-0.2, 0) is 10.3 Å². The number of carbonyl (C=O) groups excluding carboxylic acids is 1. The number of hydrogen-bond acceptors (Lipinski definition) is 3. The van der Waals surface area contributed by atoms with E-state index in [1.54, 1.807) is 19.1 Å². The number of guanidine groups is 1. The van der Waals surface area contributed by atoms with E-state index >= 15 is 0 Å². The molecule has 17 heavy (non-hydrogen) atoms. The van der Waals surface area contributed by atoms with Gasteiger partial charge in [-0.3, -0.25) is 10.1 Å². The van der Waals surface area contributed by atoms with Crippen molar-refractivity contribution in [1.82, 2.24) is 10.6 Å². The van der Waals surface area contributed by atoms with Crippen molar-refractivity contribution in [2.75, 3.05) is 0 Å². The first-order valence-corrected chi connectivity index (χ1v) is 6.30. The Hall–Kier alpha value is -1.30. The highest BCUT2D eigenvalue weighted by Gasteiger charge is 2.45. The lowest BCUT2D eigenvalue weighted by Gasteiger charge is -2.17. The first kappa shape index (κ1) is 10.8. The van der Waals surface area contributed by atoms with Crippen LogP contribution in [0.5, 0.6) is 0 Å². The van der Waals surface area contributed by atoms with Gasteiger partial charge in [-0.05, 0) is 47.8 Å². The van der Waals surface area contributed by atoms with Gasteiger partial charge < -0.3 is 9.73 Å². The fraction of sp³-hybridized carbons (Fsp3) is 0.455. The SMILES string of the molecule is CC1(c2ccc(Br)o2)NC(=NC2CC2)NC1=O. The summed E-state index contributed by atoms with van der Waals surface area (Å²) in [6.45, 7) is 1.78. The quantitative estimate of drug-likeness (QED) is 0.869. The molecule has 2 heterocycles. The number of rotatable bonds is 2. The van der Waals surface area contributed by atoms with Gasteiger partial charge in [0.05, 0.1) is 6.04 Å². The first-order valence-electron chi connectivity index (χ1n) is 5.51. The zero-order valence-corrected chi connectivity index (χ0v) is 10.9. The summed E-state index contributed by atoms with van der Waals surface area (Å²) in [4.78, 5) is 16.4. The van der Waals surface area contributed by atoms with Crippen molar-refractivity contribution in [3.63, 3.8) is 0 Å². The Bertz CT molecular complexity index is 507. The van der Waals surface area contributed by atoms with Gasteiger partial charge in [-0.1, -0.05) is 0 Å². The van der Waals surface area contributed by atoms with Crippen molar-refractivity contribution in [2.24, 2.45) is 4.99 Å². The minimum Gasteiger partial charge on any atom is -0.451 e. The summed E-state index contributed by atoms with van der Waals surface area (Å²) in [7, 11) is 0. The van der Waals surface area contributed by atoms with Gasteiger partial charge in [-0.15, -0.1) is 0 Å². The lowest BCUT2D eigenvalue weighted by molar-refractivity contribution is -0.124. The van der Waals surface area contributed by atoms with E-state index in [1.165, 1.54) is 0 Å². The zero-order chi connectivity index (χ0) is 12.0. The Morgan fingerprint density at radius 1 is 1.53 bits per heavy atom. The number of nitrogens with zero attached hydrogens (tertiary/aromatic N) is 1. The molecule has 2 N–H and O–H groups in total. The summed E-state index contributed by atoms with van der Waals surface area (Å²) >= 11 is 3.23. The largest absolute Gasteiger partial charge is 0.451 e. The van der Waals surface area contributed by atoms with Crippen LogP contribution in [0.25, 0.3) is 0 Å². The van der Waals surface area contributed by atoms with E-state index in [4.69, 9.17) is 4.42 Å². The third-order valence-corrected chi connectivity index (χ3v) is 3.41. The van der Waals surface area contributed by atoms with Crippen LogP contribution in [0, 0.1) is 0 Å². The van der Waals surface area contributed by atoms with E-state index in [0.717, 1.165) is 12.8 Å². The predicted molar refractivity (Wildman–Crippen MR) is 65.5 cm³/mol. The maximum Gasteiger partial charge on any atom is 0.260 e. The Morgan fingerprint density at radius 2 is 2.29 bits per heavy atom. The van der Waals surface area contributed by atoms with Crippen LogP contribution in [0.15, 0.2) is 26.2 Å². The van der Waals surface area contributed by atoms with Gasteiger partial charge in [0.25, 0.3) is 5.91 Å². The maximum atomic E-state index is 12.0. The van der Waals surface area contributed by atoms with E-state index in [1.807, 2.05) is 0 Å². The molecule has 1 aromatic rings. The number of amides is 1. The molecule has 1 saturated carbocycles. The van der Waals surface area contributed by atoms with Crippen LogP contribution >= 0.6 is 15.9 Å². The van der Waals surface area contributed by atoms with Gasteiger partial charge >= 0.3 is 0 Å². The molecule has 3 rings (SSSR count). The van der Waals surface area contributed by atoms with Gasteiger partial charge in [-0.25, -0.2) is 4.99 Å². The average molecular weight is 298 g/mol. The number of nitrogens with one attached hydrogen (secondary N) is 2. The zero-order valence-electron chi connectivity index (χ0n) is 9.29. The topological polar surface area (TPSA) is 66.6 Å². The third kappa shape index (κ3) is 1.86. The monoisotopic (exact) mass is 297 g/mol. The molecule has 2 fully saturated rings. The second-order valence-corrected chi connectivity index (χ2v) is 5.30. The number of carbonyl (C=O) groups is 1. The van der Waals surface area contributed by atoms with Gasteiger partial charge in [0.15, 0.2) is 16.2 Å². The average Bonchev–Trinajstić information content (AvgIpc) is 2.88. The smallest absolute Gasteiger partial charge is 0.260 e. The molecule has 0 spiro atoms. The van der Waals surface area contributed by atoms with E-state index in [9.17, 15) is 4.79 Å². The van der Waals surface area contributed by atoms with Gasteiger partial charge in [0.2, 0.25) is 0 Å². The fourth-order valence-corrected chi connectivity index (χ4v) is 2.07. The second kappa shape index (κ2) is 3.60. The summed E-state index contributed by atoms with van der Waals surface area (Å²) in [6.07, 6.45) is 2.20. The van der Waals surface area contributed by atoms with Crippen LogP contribution in [-0.4, -0.2) is 17.9 Å². The maximum absolute atomic E-state index is 12.0. The summed E-state index contributed by atoms with van der Waals surface area (Å²) < 4.78 is 6.06. The predicted octanol–water partition coefficient (Wildman–Crippen LogP) is 1.50. The summed E-state index contributed by atoms with van der Waals surface area (Å²) in [5, 5.41) is 5.84. The molecule has 1 aromatic heterocycles. The summed E-state index contributed by atoms with van der Waals surface area (Å²) in [5.41, 5.74) is -0.875. The van der Waals surface area contributed by atoms with E-state index < -0.39 is 5.54 Å². The van der Waals surface area contributed by atoms with Crippen molar-refractivity contribution in [3.05, 3.63) is 22.6 Å². The van der Waals surface area contributed by atoms with Gasteiger partial charge in [0, 0.05) is 0 Å². The Labute approximate surface area is 107 Å². The van der Waals surface area contributed by atoms with E-state index in [0.29, 0.717) is 22.4 Å². The Kier molecular flexibility index (Phi) is 2.29. The molecular weight excluding hydrogens is 286 g/mol. The molecule has 1 amide bonds. The lowest BCUT2D eigenvalue weighted by Crippen LogP contribution is -2.40. The molecule has 1 saturated heterocycles. The van der Waals surface area contributed by atoms with Crippen molar-refractivity contribution in [1.29, 1.82) is 0 Å². The van der Waals surface area contributed by atoms with E-state index in [2.05, 4.69) is 31.6 Å². The molecule has 90 valence electrons. The Morgan fingerprint density at radius 3 is 2.88 bits per heavy atom. The fourth-order valence-electron chi connectivity index (χ4n) is 1.76. The molecule has 1 unspecified atom stereocenters. The molecular formula is C11H12BrN3O2. The summed E-state index contributed by atoms with van der Waals surface area (Å²) in [6, 6.07) is 3.91. The third-order valence-electron chi connectivity index (χ3n) is 2.98. The second-order valence-electron chi connectivity index (χ2n) is 4.52. The molecule has 6 heteroatoms.